The molecule has 1 aliphatic rings. The molecule has 1 heterocycles. The normalized spacial score (nSPS) is 15.2. The standard InChI is InChI=1S/C23H27FN2O2/c1-4-19(22(27)5-2)21-15-18(26-12-10-25-11-13-26)14-20(23(21)28-3)16-6-8-17(24)9-7-16/h4,6-9,14-15,19,25H,1,5,10-13H2,2-3H3. The fraction of sp³-hybridized carbons (Fsp3) is 0.348. The maximum Gasteiger partial charge on any atom is 0.143 e. The van der Waals surface area contributed by atoms with E-state index in [0.717, 1.165) is 48.6 Å². The summed E-state index contributed by atoms with van der Waals surface area (Å²) in [6.45, 7) is 9.33. The number of anilines is 1. The largest absolute Gasteiger partial charge is 0.496 e. The molecule has 2 aromatic carbocycles. The van der Waals surface area contributed by atoms with E-state index in [1.807, 2.05) is 13.0 Å². The van der Waals surface area contributed by atoms with Crippen molar-refractivity contribution in [3.05, 3.63) is 60.4 Å². The van der Waals surface area contributed by atoms with E-state index in [1.165, 1.54) is 12.1 Å². The first-order valence-electron chi connectivity index (χ1n) is 9.67. The zero-order valence-corrected chi connectivity index (χ0v) is 16.5. The lowest BCUT2D eigenvalue weighted by Crippen LogP contribution is -2.43. The molecule has 0 bridgehead atoms. The molecule has 0 aromatic heterocycles. The number of nitrogens with one attached hydrogen (secondary N) is 1. The van der Waals surface area contributed by atoms with Crippen LogP contribution in [0.2, 0.25) is 0 Å². The first-order chi connectivity index (χ1) is 13.6. The summed E-state index contributed by atoms with van der Waals surface area (Å²) >= 11 is 0. The number of hydrogen-bond donors (Lipinski definition) is 1. The number of rotatable bonds is 7. The molecule has 0 aliphatic carbocycles. The Morgan fingerprint density at radius 3 is 2.54 bits per heavy atom. The summed E-state index contributed by atoms with van der Waals surface area (Å²) in [6, 6.07) is 10.5. The summed E-state index contributed by atoms with van der Waals surface area (Å²) in [6.07, 6.45) is 2.10. The summed E-state index contributed by atoms with van der Waals surface area (Å²) in [7, 11) is 1.60. The summed E-state index contributed by atoms with van der Waals surface area (Å²) < 4.78 is 19.2. The molecule has 28 heavy (non-hydrogen) atoms. The van der Waals surface area contributed by atoms with E-state index < -0.39 is 5.92 Å². The predicted molar refractivity (Wildman–Crippen MR) is 112 cm³/mol. The van der Waals surface area contributed by atoms with Gasteiger partial charge >= 0.3 is 0 Å². The van der Waals surface area contributed by atoms with Gasteiger partial charge < -0.3 is 15.0 Å². The first-order valence-corrected chi connectivity index (χ1v) is 9.67. The van der Waals surface area contributed by atoms with E-state index in [2.05, 4.69) is 22.9 Å². The monoisotopic (exact) mass is 382 g/mol. The highest BCUT2D eigenvalue weighted by Crippen LogP contribution is 2.41. The number of Topliss-reactive ketones (excluding diaryl/α,β-unsaturated/α-hetero) is 1. The number of benzene rings is 2. The molecule has 4 nitrogen and oxygen atoms in total. The van der Waals surface area contributed by atoms with Gasteiger partial charge in [0.15, 0.2) is 0 Å². The molecule has 5 heteroatoms. The lowest BCUT2D eigenvalue weighted by Gasteiger charge is -2.31. The van der Waals surface area contributed by atoms with Gasteiger partial charge in [-0.2, -0.15) is 0 Å². The predicted octanol–water partition coefficient (Wildman–Crippen LogP) is 4.16. The van der Waals surface area contributed by atoms with Gasteiger partial charge in [-0.3, -0.25) is 4.79 Å². The van der Waals surface area contributed by atoms with Crippen LogP contribution in [0, 0.1) is 5.82 Å². The van der Waals surface area contributed by atoms with Gasteiger partial charge in [0, 0.05) is 49.4 Å². The number of methoxy groups -OCH3 is 1. The van der Waals surface area contributed by atoms with Gasteiger partial charge in [0.1, 0.15) is 17.3 Å². The lowest BCUT2D eigenvalue weighted by molar-refractivity contribution is -0.119. The second-order valence-electron chi connectivity index (χ2n) is 6.89. The van der Waals surface area contributed by atoms with Crippen molar-refractivity contribution in [1.29, 1.82) is 0 Å². The van der Waals surface area contributed by atoms with Crippen molar-refractivity contribution in [2.24, 2.45) is 0 Å². The number of allylic oxidation sites excluding steroid dienone is 1. The number of ketones is 1. The molecule has 0 amide bonds. The highest BCUT2D eigenvalue weighted by atomic mass is 19.1. The number of carbonyl (C=O) groups excluding carboxylic acids is 1. The summed E-state index contributed by atoms with van der Waals surface area (Å²) in [4.78, 5) is 14.9. The minimum absolute atomic E-state index is 0.0933. The minimum Gasteiger partial charge on any atom is -0.496 e. The Hall–Kier alpha value is -2.66. The second kappa shape index (κ2) is 9.02. The third-order valence-electron chi connectivity index (χ3n) is 5.21. The highest BCUT2D eigenvalue weighted by Gasteiger charge is 2.25. The highest BCUT2D eigenvalue weighted by molar-refractivity contribution is 5.90. The van der Waals surface area contributed by atoms with Crippen LogP contribution in [0.5, 0.6) is 5.75 Å². The van der Waals surface area contributed by atoms with E-state index in [0.29, 0.717) is 12.2 Å². The molecule has 1 aliphatic heterocycles. The Balaban J connectivity index is 2.20. The van der Waals surface area contributed by atoms with Crippen molar-refractivity contribution in [2.75, 3.05) is 38.2 Å². The zero-order valence-electron chi connectivity index (χ0n) is 16.5. The molecule has 1 fully saturated rings. The summed E-state index contributed by atoms with van der Waals surface area (Å²) in [5, 5.41) is 3.36. The molecule has 1 atom stereocenters. The Morgan fingerprint density at radius 2 is 1.96 bits per heavy atom. The average molecular weight is 382 g/mol. The Morgan fingerprint density at radius 1 is 1.29 bits per heavy atom. The van der Waals surface area contributed by atoms with Gasteiger partial charge in [0.05, 0.1) is 13.0 Å². The van der Waals surface area contributed by atoms with Crippen LogP contribution < -0.4 is 15.0 Å². The van der Waals surface area contributed by atoms with Gasteiger partial charge in [0.25, 0.3) is 0 Å². The first kappa shape index (κ1) is 20.1. The van der Waals surface area contributed by atoms with Crippen LogP contribution in [0.3, 0.4) is 0 Å². The van der Waals surface area contributed by atoms with Crippen LogP contribution in [-0.4, -0.2) is 39.1 Å². The van der Waals surface area contributed by atoms with Crippen LogP contribution in [0.1, 0.15) is 24.8 Å². The molecule has 1 N–H and O–H groups in total. The van der Waals surface area contributed by atoms with Crippen molar-refractivity contribution in [2.45, 2.75) is 19.3 Å². The van der Waals surface area contributed by atoms with Crippen molar-refractivity contribution >= 4 is 11.5 Å². The van der Waals surface area contributed by atoms with Crippen LogP contribution >= 0.6 is 0 Å². The van der Waals surface area contributed by atoms with Crippen LogP contribution in [-0.2, 0) is 4.79 Å². The second-order valence-corrected chi connectivity index (χ2v) is 6.89. The minimum atomic E-state index is -0.443. The van der Waals surface area contributed by atoms with Crippen LogP contribution in [0.25, 0.3) is 11.1 Å². The Labute approximate surface area is 166 Å². The topological polar surface area (TPSA) is 41.6 Å². The summed E-state index contributed by atoms with van der Waals surface area (Å²) in [5.74, 6) is 0.00125. The zero-order chi connectivity index (χ0) is 20.1. The third kappa shape index (κ3) is 4.09. The van der Waals surface area contributed by atoms with E-state index >= 15 is 0 Å². The molecule has 1 saturated heterocycles. The molecule has 0 saturated carbocycles. The van der Waals surface area contributed by atoms with Crippen molar-refractivity contribution in [1.82, 2.24) is 5.32 Å². The fourth-order valence-electron chi connectivity index (χ4n) is 3.70. The molecular formula is C23H27FN2O2. The van der Waals surface area contributed by atoms with Crippen LogP contribution in [0.15, 0.2) is 49.1 Å². The SMILES string of the molecule is C=CC(C(=O)CC)c1cc(N2CCNCC2)cc(-c2ccc(F)cc2)c1OC. The van der Waals surface area contributed by atoms with E-state index in [1.54, 1.807) is 25.3 Å². The third-order valence-corrected chi connectivity index (χ3v) is 5.21. The fourth-order valence-corrected chi connectivity index (χ4v) is 3.70. The number of hydrogen-bond acceptors (Lipinski definition) is 4. The van der Waals surface area contributed by atoms with E-state index in [4.69, 9.17) is 4.74 Å². The molecule has 1 unspecified atom stereocenters. The van der Waals surface area contributed by atoms with Gasteiger partial charge in [-0.25, -0.2) is 4.39 Å². The van der Waals surface area contributed by atoms with Crippen LogP contribution in [0.4, 0.5) is 10.1 Å². The van der Waals surface area contributed by atoms with E-state index in [-0.39, 0.29) is 11.6 Å². The molecule has 148 valence electrons. The smallest absolute Gasteiger partial charge is 0.143 e. The molecule has 0 radical (unpaired) electrons. The average Bonchev–Trinajstić information content (AvgIpc) is 2.74. The number of nitrogens with zero attached hydrogens (tertiary/aromatic N) is 1. The molecule has 3 rings (SSSR count). The summed E-state index contributed by atoms with van der Waals surface area (Å²) in [5.41, 5.74) is 3.54. The maximum atomic E-state index is 13.5. The van der Waals surface area contributed by atoms with Gasteiger partial charge in [-0.05, 0) is 29.8 Å². The number of halogens is 1. The number of piperazine rings is 1. The quantitative estimate of drug-likeness (QED) is 0.730. The van der Waals surface area contributed by atoms with Gasteiger partial charge in [-0.1, -0.05) is 25.1 Å². The number of carbonyl (C=O) groups is 1. The Kier molecular flexibility index (Phi) is 6.47. The molecule has 0 spiro atoms. The number of ether oxygens (including phenoxy) is 1. The van der Waals surface area contributed by atoms with Gasteiger partial charge in [-0.15, -0.1) is 6.58 Å². The molecule has 2 aromatic rings. The van der Waals surface area contributed by atoms with Crippen molar-refractivity contribution in [3.63, 3.8) is 0 Å². The Bertz CT molecular complexity index is 842. The van der Waals surface area contributed by atoms with Crippen molar-refractivity contribution < 1.29 is 13.9 Å². The lowest BCUT2D eigenvalue weighted by atomic mass is 9.88. The van der Waals surface area contributed by atoms with E-state index in [9.17, 15) is 9.18 Å². The molecular weight excluding hydrogens is 355 g/mol. The van der Waals surface area contributed by atoms with Crippen molar-refractivity contribution in [3.8, 4) is 16.9 Å². The maximum absolute atomic E-state index is 13.5. The van der Waals surface area contributed by atoms with Gasteiger partial charge in [0.2, 0.25) is 0 Å².